The Morgan fingerprint density at radius 1 is 1.15 bits per heavy atom. The Kier molecular flexibility index (Phi) is 5.69. The molecule has 0 spiro atoms. The maximum Gasteiger partial charge on any atom is 0.0801 e. The van der Waals surface area contributed by atoms with Gasteiger partial charge < -0.3 is 5.32 Å². The second-order valence-electron chi connectivity index (χ2n) is 5.01. The summed E-state index contributed by atoms with van der Waals surface area (Å²) in [5.41, 5.74) is 3.64. The molecule has 1 heterocycles. The SMILES string of the molecule is CCCNC(c1cccc(CCC)c1)c1cnccn1. The molecule has 106 valence electrons. The molecule has 2 aromatic rings. The second kappa shape index (κ2) is 7.75. The lowest BCUT2D eigenvalue weighted by molar-refractivity contribution is 0.584. The molecule has 3 heteroatoms. The van der Waals surface area contributed by atoms with E-state index in [-0.39, 0.29) is 6.04 Å². The molecule has 1 N–H and O–H groups in total. The van der Waals surface area contributed by atoms with E-state index in [1.807, 2.05) is 6.20 Å². The van der Waals surface area contributed by atoms with Crippen LogP contribution in [0.15, 0.2) is 42.9 Å². The first kappa shape index (κ1) is 14.7. The lowest BCUT2D eigenvalue weighted by Gasteiger charge is -2.19. The second-order valence-corrected chi connectivity index (χ2v) is 5.01. The Hall–Kier alpha value is -1.74. The summed E-state index contributed by atoms with van der Waals surface area (Å²) in [6.45, 7) is 5.36. The summed E-state index contributed by atoms with van der Waals surface area (Å²) >= 11 is 0. The van der Waals surface area contributed by atoms with E-state index in [1.165, 1.54) is 17.5 Å². The van der Waals surface area contributed by atoms with Gasteiger partial charge in [0.2, 0.25) is 0 Å². The molecule has 0 saturated heterocycles. The average Bonchev–Trinajstić information content (AvgIpc) is 2.50. The van der Waals surface area contributed by atoms with E-state index in [2.05, 4.69) is 53.4 Å². The fourth-order valence-electron chi connectivity index (χ4n) is 2.36. The monoisotopic (exact) mass is 269 g/mol. The van der Waals surface area contributed by atoms with E-state index in [4.69, 9.17) is 0 Å². The first-order valence-electron chi connectivity index (χ1n) is 7.43. The fourth-order valence-corrected chi connectivity index (χ4v) is 2.36. The Bertz CT molecular complexity index is 511. The van der Waals surface area contributed by atoms with Crippen LogP contribution >= 0.6 is 0 Å². The van der Waals surface area contributed by atoms with Crippen LogP contribution in [0.2, 0.25) is 0 Å². The molecule has 1 aromatic carbocycles. The summed E-state index contributed by atoms with van der Waals surface area (Å²) in [6.07, 6.45) is 8.71. The van der Waals surface area contributed by atoms with Crippen molar-refractivity contribution in [1.29, 1.82) is 0 Å². The van der Waals surface area contributed by atoms with Crippen molar-refractivity contribution in [3.63, 3.8) is 0 Å². The molecule has 0 bridgehead atoms. The lowest BCUT2D eigenvalue weighted by Crippen LogP contribution is -2.24. The number of benzene rings is 1. The largest absolute Gasteiger partial charge is 0.305 e. The van der Waals surface area contributed by atoms with Crippen LogP contribution < -0.4 is 5.32 Å². The van der Waals surface area contributed by atoms with Crippen molar-refractivity contribution >= 4 is 0 Å². The minimum Gasteiger partial charge on any atom is -0.305 e. The molecule has 1 atom stereocenters. The van der Waals surface area contributed by atoms with Gasteiger partial charge in [0, 0.05) is 12.4 Å². The van der Waals surface area contributed by atoms with Gasteiger partial charge in [-0.2, -0.15) is 0 Å². The molecule has 0 aliphatic rings. The van der Waals surface area contributed by atoms with Crippen LogP contribution in [0.1, 0.15) is 49.6 Å². The zero-order valence-corrected chi connectivity index (χ0v) is 12.3. The summed E-state index contributed by atoms with van der Waals surface area (Å²) in [5.74, 6) is 0. The lowest BCUT2D eigenvalue weighted by atomic mass is 9.99. The normalized spacial score (nSPS) is 12.3. The maximum atomic E-state index is 4.46. The minimum absolute atomic E-state index is 0.125. The van der Waals surface area contributed by atoms with Crippen LogP contribution in [0.25, 0.3) is 0 Å². The van der Waals surface area contributed by atoms with Gasteiger partial charge in [-0.3, -0.25) is 9.97 Å². The van der Waals surface area contributed by atoms with Gasteiger partial charge in [0.25, 0.3) is 0 Å². The quantitative estimate of drug-likeness (QED) is 0.835. The Labute approximate surface area is 121 Å². The molecule has 1 aromatic heterocycles. The van der Waals surface area contributed by atoms with Gasteiger partial charge in [0.15, 0.2) is 0 Å². The molecule has 20 heavy (non-hydrogen) atoms. The zero-order valence-electron chi connectivity index (χ0n) is 12.3. The Morgan fingerprint density at radius 3 is 2.75 bits per heavy atom. The van der Waals surface area contributed by atoms with Crippen LogP contribution in [0.4, 0.5) is 0 Å². The third kappa shape index (κ3) is 3.87. The van der Waals surface area contributed by atoms with Gasteiger partial charge in [0.05, 0.1) is 17.9 Å². The molecule has 0 radical (unpaired) electrons. The van der Waals surface area contributed by atoms with Crippen LogP contribution in [-0.4, -0.2) is 16.5 Å². The number of nitrogens with one attached hydrogen (secondary N) is 1. The van der Waals surface area contributed by atoms with E-state index < -0.39 is 0 Å². The van der Waals surface area contributed by atoms with E-state index in [0.29, 0.717) is 0 Å². The highest BCUT2D eigenvalue weighted by atomic mass is 14.9. The van der Waals surface area contributed by atoms with Crippen LogP contribution in [-0.2, 0) is 6.42 Å². The number of nitrogens with zero attached hydrogens (tertiary/aromatic N) is 2. The van der Waals surface area contributed by atoms with Crippen molar-refractivity contribution in [2.24, 2.45) is 0 Å². The molecule has 0 aliphatic heterocycles. The van der Waals surface area contributed by atoms with E-state index in [0.717, 1.165) is 25.1 Å². The summed E-state index contributed by atoms with van der Waals surface area (Å²) in [4.78, 5) is 8.65. The molecular weight excluding hydrogens is 246 g/mol. The first-order valence-corrected chi connectivity index (χ1v) is 7.43. The van der Waals surface area contributed by atoms with Crippen LogP contribution in [0.3, 0.4) is 0 Å². The molecule has 1 unspecified atom stereocenters. The van der Waals surface area contributed by atoms with Gasteiger partial charge in [-0.1, -0.05) is 44.5 Å². The van der Waals surface area contributed by atoms with Gasteiger partial charge >= 0.3 is 0 Å². The van der Waals surface area contributed by atoms with Crippen molar-refractivity contribution in [3.8, 4) is 0 Å². The first-order chi connectivity index (χ1) is 9.85. The standard InChI is InChI=1S/C17H23N3/c1-3-6-14-7-5-8-15(12-14)17(20-9-4-2)16-13-18-10-11-19-16/h5,7-8,10-13,17,20H,3-4,6,9H2,1-2H3. The third-order valence-electron chi connectivity index (χ3n) is 3.30. The molecule has 0 aliphatic carbocycles. The molecule has 3 nitrogen and oxygen atoms in total. The summed E-state index contributed by atoms with van der Waals surface area (Å²) in [6, 6.07) is 8.91. The van der Waals surface area contributed by atoms with Crippen molar-refractivity contribution in [2.75, 3.05) is 6.54 Å². The van der Waals surface area contributed by atoms with E-state index in [1.54, 1.807) is 12.4 Å². The Balaban J connectivity index is 2.28. The molecule has 2 rings (SSSR count). The fraction of sp³-hybridized carbons (Fsp3) is 0.412. The third-order valence-corrected chi connectivity index (χ3v) is 3.30. The number of hydrogen-bond acceptors (Lipinski definition) is 3. The maximum absolute atomic E-state index is 4.46. The van der Waals surface area contributed by atoms with Crippen molar-refractivity contribution in [2.45, 2.75) is 39.2 Å². The van der Waals surface area contributed by atoms with E-state index in [9.17, 15) is 0 Å². The summed E-state index contributed by atoms with van der Waals surface area (Å²) < 4.78 is 0. The molecule has 0 amide bonds. The van der Waals surface area contributed by atoms with Gasteiger partial charge in [-0.15, -0.1) is 0 Å². The summed E-state index contributed by atoms with van der Waals surface area (Å²) in [5, 5.41) is 3.57. The van der Waals surface area contributed by atoms with E-state index >= 15 is 0 Å². The van der Waals surface area contributed by atoms with Gasteiger partial charge in [-0.05, 0) is 30.5 Å². The highest BCUT2D eigenvalue weighted by Crippen LogP contribution is 2.21. The molecular formula is C17H23N3. The van der Waals surface area contributed by atoms with Gasteiger partial charge in [-0.25, -0.2) is 0 Å². The van der Waals surface area contributed by atoms with Crippen LogP contribution in [0.5, 0.6) is 0 Å². The Morgan fingerprint density at radius 2 is 2.05 bits per heavy atom. The highest BCUT2D eigenvalue weighted by Gasteiger charge is 2.14. The van der Waals surface area contributed by atoms with Crippen molar-refractivity contribution < 1.29 is 0 Å². The van der Waals surface area contributed by atoms with Gasteiger partial charge in [0.1, 0.15) is 0 Å². The average molecular weight is 269 g/mol. The number of aryl methyl sites for hydroxylation is 1. The highest BCUT2D eigenvalue weighted by molar-refractivity contribution is 5.31. The predicted octanol–water partition coefficient (Wildman–Crippen LogP) is 3.52. The number of aromatic nitrogens is 2. The predicted molar refractivity (Wildman–Crippen MR) is 82.6 cm³/mol. The number of hydrogen-bond donors (Lipinski definition) is 1. The molecule has 0 saturated carbocycles. The zero-order chi connectivity index (χ0) is 14.2. The van der Waals surface area contributed by atoms with Crippen molar-refractivity contribution in [3.05, 3.63) is 59.7 Å². The minimum atomic E-state index is 0.125. The van der Waals surface area contributed by atoms with Crippen LogP contribution in [0, 0.1) is 0 Å². The summed E-state index contributed by atoms with van der Waals surface area (Å²) in [7, 11) is 0. The topological polar surface area (TPSA) is 37.8 Å². The molecule has 0 fully saturated rings. The van der Waals surface area contributed by atoms with Crippen molar-refractivity contribution in [1.82, 2.24) is 15.3 Å². The number of rotatable bonds is 7. The smallest absolute Gasteiger partial charge is 0.0801 e.